The number of hydrogen-bond donors (Lipinski definition) is 1. The Kier molecular flexibility index (Phi) is 6.82. The van der Waals surface area contributed by atoms with E-state index in [1.54, 1.807) is 6.07 Å². The molecule has 0 amide bonds. The lowest BCUT2D eigenvalue weighted by Gasteiger charge is -2.19. The largest absolute Gasteiger partial charge is 0.478 e. The van der Waals surface area contributed by atoms with Crippen molar-refractivity contribution in [2.24, 2.45) is 0 Å². The zero-order chi connectivity index (χ0) is 22.6. The van der Waals surface area contributed by atoms with E-state index in [0.29, 0.717) is 10.6 Å². The molecule has 0 saturated heterocycles. The molecule has 5 nitrogen and oxygen atoms in total. The SMILES string of the molecule is O=C(O)C=CCc1ccc(C(c2cc(F)ccc2F)S(=O)(=O)c2ccc(Cl)cc2)nc1. The molecule has 1 N–H and O–H groups in total. The predicted molar refractivity (Wildman–Crippen MR) is 112 cm³/mol. The highest BCUT2D eigenvalue weighted by atomic mass is 35.5. The molecule has 0 aliphatic carbocycles. The van der Waals surface area contributed by atoms with E-state index in [4.69, 9.17) is 16.7 Å². The molecule has 9 heteroatoms. The lowest BCUT2D eigenvalue weighted by molar-refractivity contribution is -0.131. The Bertz CT molecular complexity index is 1230. The average Bonchev–Trinajstić information content (AvgIpc) is 2.72. The molecule has 0 saturated carbocycles. The maximum Gasteiger partial charge on any atom is 0.327 e. The Labute approximate surface area is 182 Å². The Morgan fingerprint density at radius 3 is 2.42 bits per heavy atom. The van der Waals surface area contributed by atoms with Crippen molar-refractivity contribution >= 4 is 27.4 Å². The summed E-state index contributed by atoms with van der Waals surface area (Å²) in [5, 5.41) is 7.37. The van der Waals surface area contributed by atoms with Crippen LogP contribution in [0.3, 0.4) is 0 Å². The van der Waals surface area contributed by atoms with Gasteiger partial charge >= 0.3 is 5.97 Å². The van der Waals surface area contributed by atoms with Crippen LogP contribution in [0.15, 0.2) is 77.8 Å². The number of rotatable bonds is 7. The van der Waals surface area contributed by atoms with Crippen LogP contribution in [0.5, 0.6) is 0 Å². The molecular formula is C22H16ClF2NO4S. The van der Waals surface area contributed by atoms with Gasteiger partial charge in [0.25, 0.3) is 0 Å². The summed E-state index contributed by atoms with van der Waals surface area (Å²) in [4.78, 5) is 14.6. The van der Waals surface area contributed by atoms with Crippen molar-refractivity contribution in [3.8, 4) is 0 Å². The van der Waals surface area contributed by atoms with Crippen LogP contribution in [0.1, 0.15) is 22.1 Å². The van der Waals surface area contributed by atoms with Crippen LogP contribution in [0.4, 0.5) is 8.78 Å². The lowest BCUT2D eigenvalue weighted by atomic mass is 10.1. The molecule has 160 valence electrons. The number of halogens is 3. The van der Waals surface area contributed by atoms with Crippen LogP contribution < -0.4 is 0 Å². The van der Waals surface area contributed by atoms with E-state index in [1.165, 1.54) is 42.6 Å². The highest BCUT2D eigenvalue weighted by Crippen LogP contribution is 2.36. The van der Waals surface area contributed by atoms with Crippen LogP contribution in [0.25, 0.3) is 0 Å². The van der Waals surface area contributed by atoms with Gasteiger partial charge in [0.1, 0.15) is 16.9 Å². The molecule has 31 heavy (non-hydrogen) atoms. The van der Waals surface area contributed by atoms with Crippen LogP contribution in [0.2, 0.25) is 5.02 Å². The van der Waals surface area contributed by atoms with Gasteiger partial charge in [-0.05, 0) is 60.5 Å². The quantitative estimate of drug-likeness (QED) is 0.511. The average molecular weight is 464 g/mol. The molecule has 3 rings (SSSR count). The molecular weight excluding hydrogens is 448 g/mol. The van der Waals surface area contributed by atoms with Crippen molar-refractivity contribution in [2.45, 2.75) is 16.6 Å². The number of aromatic nitrogens is 1. The number of benzene rings is 2. The second-order valence-electron chi connectivity index (χ2n) is 6.58. The van der Waals surface area contributed by atoms with Gasteiger partial charge < -0.3 is 5.11 Å². The highest BCUT2D eigenvalue weighted by molar-refractivity contribution is 7.91. The second-order valence-corrected chi connectivity index (χ2v) is 9.05. The van der Waals surface area contributed by atoms with Crippen LogP contribution in [-0.2, 0) is 21.1 Å². The fourth-order valence-electron chi connectivity index (χ4n) is 2.97. The van der Waals surface area contributed by atoms with Gasteiger partial charge in [-0.2, -0.15) is 0 Å². The normalized spacial score (nSPS) is 12.7. The van der Waals surface area contributed by atoms with Gasteiger partial charge in [0.2, 0.25) is 0 Å². The van der Waals surface area contributed by atoms with Gasteiger partial charge in [-0.1, -0.05) is 23.7 Å². The first-order valence-electron chi connectivity index (χ1n) is 8.97. The van der Waals surface area contributed by atoms with Crippen LogP contribution in [-0.4, -0.2) is 24.5 Å². The standard InChI is InChI=1S/C22H16ClF2NO4S/c23-15-5-8-17(9-6-15)31(29,30)22(18-12-16(24)7-10-19(18)25)20-11-4-14(13-26-20)2-1-3-21(27)28/h1,3-13,22H,2H2,(H,27,28). The maximum atomic E-state index is 14.6. The molecule has 0 aliphatic heterocycles. The number of allylic oxidation sites excluding steroid dienone is 1. The molecule has 1 atom stereocenters. The van der Waals surface area contributed by atoms with E-state index in [1.807, 2.05) is 0 Å². The molecule has 0 aliphatic rings. The number of pyridine rings is 1. The van der Waals surface area contributed by atoms with E-state index >= 15 is 0 Å². The zero-order valence-corrected chi connectivity index (χ0v) is 17.4. The summed E-state index contributed by atoms with van der Waals surface area (Å²) < 4.78 is 55.3. The predicted octanol–water partition coefficient (Wildman–Crippen LogP) is 4.76. The minimum absolute atomic E-state index is 0.00888. The van der Waals surface area contributed by atoms with Crippen molar-refractivity contribution in [3.63, 3.8) is 0 Å². The van der Waals surface area contributed by atoms with E-state index in [9.17, 15) is 22.0 Å². The van der Waals surface area contributed by atoms with Crippen molar-refractivity contribution in [3.05, 3.63) is 106 Å². The molecule has 0 spiro atoms. The third-order valence-electron chi connectivity index (χ3n) is 4.42. The minimum Gasteiger partial charge on any atom is -0.478 e. The first kappa shape index (κ1) is 22.6. The molecule has 1 aromatic heterocycles. The van der Waals surface area contributed by atoms with Crippen molar-refractivity contribution in [2.75, 3.05) is 0 Å². The van der Waals surface area contributed by atoms with Crippen molar-refractivity contribution in [1.29, 1.82) is 0 Å². The fraction of sp³-hybridized carbons (Fsp3) is 0.0909. The van der Waals surface area contributed by atoms with Gasteiger partial charge in [0.15, 0.2) is 9.84 Å². The van der Waals surface area contributed by atoms with Gasteiger partial charge in [-0.15, -0.1) is 0 Å². The van der Waals surface area contributed by atoms with Gasteiger partial charge in [-0.25, -0.2) is 22.0 Å². The molecule has 2 aromatic carbocycles. The van der Waals surface area contributed by atoms with E-state index in [2.05, 4.69) is 4.98 Å². The Morgan fingerprint density at radius 2 is 1.81 bits per heavy atom. The van der Waals surface area contributed by atoms with Gasteiger partial charge in [-0.3, -0.25) is 4.98 Å². The molecule has 0 radical (unpaired) electrons. The summed E-state index contributed by atoms with van der Waals surface area (Å²) in [6.45, 7) is 0. The van der Waals surface area contributed by atoms with E-state index < -0.39 is 32.7 Å². The summed E-state index contributed by atoms with van der Waals surface area (Å²) in [7, 11) is -4.22. The summed E-state index contributed by atoms with van der Waals surface area (Å²) in [5.74, 6) is -2.78. The Hall–Kier alpha value is -3.10. The van der Waals surface area contributed by atoms with E-state index in [-0.39, 0.29) is 22.6 Å². The molecule has 1 unspecified atom stereocenters. The third kappa shape index (κ3) is 5.34. The first-order chi connectivity index (χ1) is 14.7. The van der Waals surface area contributed by atoms with Crippen molar-refractivity contribution < 1.29 is 27.1 Å². The number of sulfone groups is 1. The number of nitrogens with zero attached hydrogens (tertiary/aromatic N) is 1. The summed E-state index contributed by atoms with van der Waals surface area (Å²) in [5.41, 5.74) is 0.231. The van der Waals surface area contributed by atoms with E-state index in [0.717, 1.165) is 24.3 Å². The maximum absolute atomic E-state index is 14.6. The monoisotopic (exact) mass is 463 g/mol. The third-order valence-corrected chi connectivity index (χ3v) is 6.72. The van der Waals surface area contributed by atoms with Gasteiger partial charge in [0.05, 0.1) is 10.6 Å². The number of hydrogen-bond acceptors (Lipinski definition) is 4. The number of carboxylic acid groups (broad SMARTS) is 1. The minimum atomic E-state index is -4.22. The Balaban J connectivity index is 2.09. The van der Waals surface area contributed by atoms with Gasteiger partial charge in [0, 0.05) is 22.9 Å². The zero-order valence-electron chi connectivity index (χ0n) is 15.9. The summed E-state index contributed by atoms with van der Waals surface area (Å²) >= 11 is 5.84. The van der Waals surface area contributed by atoms with Crippen LogP contribution >= 0.6 is 11.6 Å². The molecule has 0 bridgehead atoms. The highest BCUT2D eigenvalue weighted by Gasteiger charge is 2.34. The molecule has 3 aromatic rings. The first-order valence-corrected chi connectivity index (χ1v) is 10.9. The second kappa shape index (κ2) is 9.36. The lowest BCUT2D eigenvalue weighted by Crippen LogP contribution is -2.18. The molecule has 0 fully saturated rings. The topological polar surface area (TPSA) is 84.3 Å². The smallest absolute Gasteiger partial charge is 0.327 e. The van der Waals surface area contributed by atoms with Crippen LogP contribution in [0, 0.1) is 11.6 Å². The number of aliphatic carboxylic acids is 1. The fourth-order valence-corrected chi connectivity index (χ4v) is 4.85. The molecule has 1 heterocycles. The number of carboxylic acids is 1. The summed E-state index contributed by atoms with van der Waals surface area (Å²) in [6, 6.07) is 10.9. The summed E-state index contributed by atoms with van der Waals surface area (Å²) in [6.07, 6.45) is 4.00. The van der Waals surface area contributed by atoms with Crippen molar-refractivity contribution in [1.82, 2.24) is 4.98 Å². The number of carbonyl (C=O) groups is 1. The Morgan fingerprint density at radius 1 is 1.10 bits per heavy atom.